The van der Waals surface area contributed by atoms with E-state index in [-0.39, 0.29) is 12.2 Å². The van der Waals surface area contributed by atoms with Crippen molar-refractivity contribution in [3.05, 3.63) is 53.6 Å². The molecule has 5 heteroatoms. The van der Waals surface area contributed by atoms with Gasteiger partial charge in [0.15, 0.2) is 0 Å². The Morgan fingerprint density at radius 2 is 1.75 bits per heavy atom. The first kappa shape index (κ1) is 28.6. The van der Waals surface area contributed by atoms with E-state index in [4.69, 9.17) is 18.9 Å². The van der Waals surface area contributed by atoms with Gasteiger partial charge in [0.05, 0.1) is 25.9 Å². The second kappa shape index (κ2) is 15.4. The normalized spacial score (nSPS) is 14.3. The van der Waals surface area contributed by atoms with E-state index >= 15 is 0 Å². The largest absolute Gasteiger partial charge is 0.497 e. The minimum absolute atomic E-state index is 0.0443. The van der Waals surface area contributed by atoms with Crippen molar-refractivity contribution in [2.45, 2.75) is 91.0 Å². The minimum atomic E-state index is -1.09. The van der Waals surface area contributed by atoms with Gasteiger partial charge < -0.3 is 18.9 Å². The second-order valence-electron chi connectivity index (χ2n) is 10.0. The van der Waals surface area contributed by atoms with Crippen molar-refractivity contribution in [2.75, 3.05) is 20.5 Å². The highest BCUT2D eigenvalue weighted by Gasteiger charge is 2.19. The molecule has 2 atom stereocenters. The molecule has 0 heterocycles. The summed E-state index contributed by atoms with van der Waals surface area (Å²) in [5, 5.41) is 0. The summed E-state index contributed by atoms with van der Waals surface area (Å²) in [6.45, 7) is 19.1. The molecule has 4 nitrogen and oxygen atoms in total. The third kappa shape index (κ3) is 13.9. The van der Waals surface area contributed by atoms with E-state index in [0.29, 0.717) is 13.4 Å². The number of benzene rings is 1. The lowest BCUT2D eigenvalue weighted by molar-refractivity contribution is -0.133. The fourth-order valence-electron chi connectivity index (χ4n) is 3.11. The molecule has 0 aliphatic carbocycles. The van der Waals surface area contributed by atoms with Gasteiger partial charge in [-0.15, -0.1) is 6.58 Å². The first-order valence-corrected chi connectivity index (χ1v) is 15.6. The Labute approximate surface area is 198 Å². The van der Waals surface area contributed by atoms with E-state index in [9.17, 15) is 0 Å². The van der Waals surface area contributed by atoms with Crippen LogP contribution in [-0.2, 0) is 20.8 Å². The fourth-order valence-corrected chi connectivity index (χ4v) is 3.87. The third-order valence-corrected chi connectivity index (χ3v) is 7.13. The predicted molar refractivity (Wildman–Crippen MR) is 138 cm³/mol. The van der Waals surface area contributed by atoms with Gasteiger partial charge in [0.25, 0.3) is 0 Å². The summed E-state index contributed by atoms with van der Waals surface area (Å²) in [6.07, 6.45) is 6.34. The molecule has 0 aliphatic rings. The van der Waals surface area contributed by atoms with E-state index in [2.05, 4.69) is 53.1 Å². The molecule has 1 rings (SSSR count). The van der Waals surface area contributed by atoms with Crippen LogP contribution in [0, 0.1) is 0 Å². The molecule has 0 N–H and O–H groups in total. The summed E-state index contributed by atoms with van der Waals surface area (Å²) < 4.78 is 23.3. The third-order valence-electron chi connectivity index (χ3n) is 5.43. The lowest BCUT2D eigenvalue weighted by atomic mass is 10.0. The van der Waals surface area contributed by atoms with Crippen molar-refractivity contribution in [1.29, 1.82) is 0 Å². The van der Waals surface area contributed by atoms with Crippen LogP contribution in [0.2, 0.25) is 25.7 Å². The van der Waals surface area contributed by atoms with Gasteiger partial charge in [0.2, 0.25) is 0 Å². The number of allylic oxidation sites excluding steroid dienone is 2. The van der Waals surface area contributed by atoms with Crippen LogP contribution in [0.15, 0.2) is 48.1 Å². The average molecular weight is 463 g/mol. The van der Waals surface area contributed by atoms with Crippen molar-refractivity contribution in [3.63, 3.8) is 0 Å². The van der Waals surface area contributed by atoms with Crippen molar-refractivity contribution in [3.8, 4) is 5.75 Å². The van der Waals surface area contributed by atoms with Gasteiger partial charge in [-0.05, 0) is 70.2 Å². The molecule has 0 aromatic heterocycles. The zero-order valence-electron chi connectivity index (χ0n) is 21.5. The molecule has 0 bridgehead atoms. The van der Waals surface area contributed by atoms with Gasteiger partial charge in [-0.3, -0.25) is 0 Å². The summed E-state index contributed by atoms with van der Waals surface area (Å²) in [7, 11) is 0.582. The molecular formula is C27H46O4Si. The SMILES string of the molecule is C=C(C)CCCC(C)=CC[C@H](OCOCC[Si](C)(C)C)[C@@H](C)OCc1ccc(OC)cc1. The molecule has 0 saturated heterocycles. The summed E-state index contributed by atoms with van der Waals surface area (Å²) in [6, 6.07) is 9.13. The topological polar surface area (TPSA) is 36.9 Å². The lowest BCUT2D eigenvalue weighted by Crippen LogP contribution is -2.30. The highest BCUT2D eigenvalue weighted by Crippen LogP contribution is 2.18. The standard InChI is InChI=1S/C27H46O4Si/c1-22(2)10-9-11-23(3)12-17-27(31-21-29-18-19-32(6,7)8)24(4)30-20-25-13-15-26(28-5)16-14-25/h12-16,24,27H,1,9-11,17-21H2,2-8H3/t24-,27+/m1/s1. The number of rotatable bonds is 17. The molecule has 0 saturated carbocycles. The van der Waals surface area contributed by atoms with Crippen molar-refractivity contribution in [2.24, 2.45) is 0 Å². The molecule has 0 amide bonds. The van der Waals surface area contributed by atoms with Crippen LogP contribution >= 0.6 is 0 Å². The Hall–Kier alpha value is -1.40. The second-order valence-corrected chi connectivity index (χ2v) is 15.6. The van der Waals surface area contributed by atoms with Crippen LogP contribution < -0.4 is 4.74 Å². The number of hydrogen-bond acceptors (Lipinski definition) is 4. The first-order chi connectivity index (χ1) is 15.1. The predicted octanol–water partition coefficient (Wildman–Crippen LogP) is 7.38. The molecule has 0 fully saturated rings. The number of methoxy groups -OCH3 is 1. The van der Waals surface area contributed by atoms with Crippen molar-refractivity contribution < 1.29 is 18.9 Å². The molecule has 1 aromatic rings. The molecule has 32 heavy (non-hydrogen) atoms. The zero-order valence-corrected chi connectivity index (χ0v) is 22.5. The molecule has 0 radical (unpaired) electrons. The summed E-state index contributed by atoms with van der Waals surface area (Å²) in [4.78, 5) is 0. The first-order valence-electron chi connectivity index (χ1n) is 11.8. The van der Waals surface area contributed by atoms with Crippen molar-refractivity contribution in [1.82, 2.24) is 0 Å². The molecule has 0 spiro atoms. The fraction of sp³-hybridized carbons (Fsp3) is 0.630. The van der Waals surface area contributed by atoms with Gasteiger partial charge in [-0.2, -0.15) is 0 Å². The van der Waals surface area contributed by atoms with E-state index < -0.39 is 8.07 Å². The van der Waals surface area contributed by atoms with Crippen LogP contribution in [0.5, 0.6) is 5.75 Å². The highest BCUT2D eigenvalue weighted by molar-refractivity contribution is 6.76. The van der Waals surface area contributed by atoms with Gasteiger partial charge in [-0.25, -0.2) is 0 Å². The maximum atomic E-state index is 6.16. The quantitative estimate of drug-likeness (QED) is 0.105. The van der Waals surface area contributed by atoms with Crippen LogP contribution in [0.4, 0.5) is 0 Å². The number of hydrogen-bond donors (Lipinski definition) is 0. The van der Waals surface area contributed by atoms with Crippen LogP contribution in [0.3, 0.4) is 0 Å². The smallest absolute Gasteiger partial charge is 0.147 e. The van der Waals surface area contributed by atoms with Gasteiger partial charge in [0, 0.05) is 14.7 Å². The molecule has 0 aliphatic heterocycles. The average Bonchev–Trinajstić information content (AvgIpc) is 2.73. The maximum Gasteiger partial charge on any atom is 0.147 e. The molecule has 182 valence electrons. The highest BCUT2D eigenvalue weighted by atomic mass is 28.3. The van der Waals surface area contributed by atoms with Crippen LogP contribution in [0.1, 0.15) is 52.0 Å². The van der Waals surface area contributed by atoms with Gasteiger partial charge in [0.1, 0.15) is 12.5 Å². The van der Waals surface area contributed by atoms with E-state index in [1.54, 1.807) is 7.11 Å². The molecule has 1 aromatic carbocycles. The Balaban J connectivity index is 2.60. The van der Waals surface area contributed by atoms with Crippen LogP contribution in [-0.4, -0.2) is 40.8 Å². The zero-order chi connectivity index (χ0) is 24.0. The number of ether oxygens (including phenoxy) is 4. The van der Waals surface area contributed by atoms with Crippen LogP contribution in [0.25, 0.3) is 0 Å². The summed E-state index contributed by atoms with van der Waals surface area (Å²) in [5.74, 6) is 0.853. The Kier molecular flexibility index (Phi) is 13.8. The van der Waals surface area contributed by atoms with Gasteiger partial charge in [-0.1, -0.05) is 49.0 Å². The lowest BCUT2D eigenvalue weighted by Gasteiger charge is -2.24. The van der Waals surface area contributed by atoms with Gasteiger partial charge >= 0.3 is 0 Å². The monoisotopic (exact) mass is 462 g/mol. The Bertz CT molecular complexity index is 676. The van der Waals surface area contributed by atoms with Crippen molar-refractivity contribution >= 4 is 8.07 Å². The maximum absolute atomic E-state index is 6.16. The van der Waals surface area contributed by atoms with E-state index in [0.717, 1.165) is 49.6 Å². The minimum Gasteiger partial charge on any atom is -0.497 e. The molecular weight excluding hydrogens is 416 g/mol. The van der Waals surface area contributed by atoms with E-state index in [1.165, 1.54) is 11.1 Å². The Morgan fingerprint density at radius 1 is 1.06 bits per heavy atom. The summed E-state index contributed by atoms with van der Waals surface area (Å²) in [5.41, 5.74) is 3.76. The Morgan fingerprint density at radius 3 is 2.34 bits per heavy atom. The molecule has 0 unspecified atom stereocenters. The summed E-state index contributed by atoms with van der Waals surface area (Å²) >= 11 is 0. The van der Waals surface area contributed by atoms with E-state index in [1.807, 2.05) is 24.3 Å².